The van der Waals surface area contributed by atoms with E-state index in [9.17, 15) is 0 Å². The second-order valence-electron chi connectivity index (χ2n) is 6.02. The Labute approximate surface area is 191 Å². The molecule has 27 heavy (non-hydrogen) atoms. The van der Waals surface area contributed by atoms with Gasteiger partial charge >= 0.3 is 28.4 Å². The Kier molecular flexibility index (Phi) is 23.8. The van der Waals surface area contributed by atoms with Gasteiger partial charge in [-0.05, 0) is 0 Å². The van der Waals surface area contributed by atoms with Crippen molar-refractivity contribution in [3.05, 3.63) is 67.8 Å². The summed E-state index contributed by atoms with van der Waals surface area (Å²) in [4.78, 5) is 0. The first-order chi connectivity index (χ1) is 11.4. The quantitative estimate of drug-likeness (QED) is 0.423. The summed E-state index contributed by atoms with van der Waals surface area (Å²) < 4.78 is 3.34. The Hall–Kier alpha value is -0.477. The van der Waals surface area contributed by atoms with E-state index < -0.39 is 0 Å². The summed E-state index contributed by atoms with van der Waals surface area (Å²) in [5.41, 5.74) is 6.69. The molecule has 0 atom stereocenters. The average molecular weight is 493 g/mol. The molecule has 3 aromatic carbocycles. The normalized spacial score (nSPS) is 8.78. The van der Waals surface area contributed by atoms with Crippen LogP contribution in [0.2, 0.25) is 0 Å². The van der Waals surface area contributed by atoms with Crippen LogP contribution >= 0.6 is 24.8 Å². The predicted molar refractivity (Wildman–Crippen MR) is 123 cm³/mol. The first-order valence-corrected chi connectivity index (χ1v) is 9.46. The fourth-order valence-corrected chi connectivity index (χ4v) is 1.90. The molecule has 0 amide bonds. The first-order valence-electron chi connectivity index (χ1n) is 7.72. The number of fused-ring (bicyclic) bond motifs is 3. The summed E-state index contributed by atoms with van der Waals surface area (Å²) >= 11 is 1.30. The second kappa shape index (κ2) is 18.9. The molecule has 0 aliphatic heterocycles. The second-order valence-corrected chi connectivity index (χ2v) is 6.02. The van der Waals surface area contributed by atoms with Crippen LogP contribution in [0.1, 0.15) is 20.8 Å². The number of hydrogen-bond acceptors (Lipinski definition) is 2. The third-order valence-electron chi connectivity index (χ3n) is 2.62. The van der Waals surface area contributed by atoms with Crippen molar-refractivity contribution in [1.82, 2.24) is 0 Å². The summed E-state index contributed by atoms with van der Waals surface area (Å²) in [6.45, 7) is 5.31. The van der Waals surface area contributed by atoms with E-state index in [0.29, 0.717) is 0 Å². The van der Waals surface area contributed by atoms with Crippen molar-refractivity contribution < 1.29 is 34.4 Å². The standard InChI is InChI=1S/C13H9.C4H10N.C2H6O2.CH3.CH2.2ClH.Zr/c1-3-7-12-10(5-1)9-11-6-2-4-8-13(11)12;1-4(2,3)5;3-1-2-4;;;;;/h1-9H;5H,1-3H3;3-4H,1-2H2;1H3;1H2;2*1H;/q2*-1;;-1;;;;. The van der Waals surface area contributed by atoms with E-state index in [1.807, 2.05) is 20.8 Å². The Morgan fingerprint density at radius 2 is 1.11 bits per heavy atom. The molecular weight excluding hydrogens is 460 g/mol. The van der Waals surface area contributed by atoms with E-state index in [-0.39, 0.29) is 51.0 Å². The molecule has 0 aliphatic carbocycles. The largest absolute Gasteiger partial charge is 0.358 e. The van der Waals surface area contributed by atoms with Crippen LogP contribution in [0.3, 0.4) is 0 Å². The number of aliphatic hydroxyl groups excluding tert-OH is 2. The molecule has 6 heteroatoms. The van der Waals surface area contributed by atoms with Crippen molar-refractivity contribution in [3.63, 3.8) is 0 Å². The van der Waals surface area contributed by atoms with Crippen LogP contribution in [0.5, 0.6) is 0 Å². The van der Waals surface area contributed by atoms with E-state index in [4.69, 9.17) is 15.9 Å². The predicted octanol–water partition coefficient (Wildman–Crippen LogP) is 5.78. The maximum absolute atomic E-state index is 7.62. The van der Waals surface area contributed by atoms with E-state index in [0.717, 1.165) is 0 Å². The van der Waals surface area contributed by atoms with Gasteiger partial charge < -0.3 is 23.4 Å². The van der Waals surface area contributed by atoms with Crippen molar-refractivity contribution in [2.45, 2.75) is 26.3 Å². The summed E-state index contributed by atoms with van der Waals surface area (Å²) in [5.74, 6) is 0. The maximum atomic E-state index is 7.62. The maximum Gasteiger partial charge on any atom is -0.0771 e. The van der Waals surface area contributed by atoms with Gasteiger partial charge in [0.25, 0.3) is 0 Å². The Balaban J connectivity index is -0.000000164. The van der Waals surface area contributed by atoms with Crippen LogP contribution in [0.25, 0.3) is 27.3 Å². The molecule has 0 unspecified atom stereocenters. The van der Waals surface area contributed by atoms with Crippen LogP contribution in [-0.2, 0) is 24.2 Å². The number of nitrogens with one attached hydrogen (secondary N) is 1. The van der Waals surface area contributed by atoms with Crippen LogP contribution in [0, 0.1) is 7.43 Å². The molecule has 3 nitrogen and oxygen atoms in total. The van der Waals surface area contributed by atoms with Gasteiger partial charge in [0.2, 0.25) is 0 Å². The van der Waals surface area contributed by atoms with Crippen molar-refractivity contribution in [1.29, 1.82) is 0 Å². The van der Waals surface area contributed by atoms with E-state index in [1.165, 1.54) is 45.8 Å². The molecule has 3 N–H and O–H groups in total. The minimum absolute atomic E-state index is 0. The monoisotopic (exact) mass is 490 g/mol. The van der Waals surface area contributed by atoms with E-state index >= 15 is 0 Å². The van der Waals surface area contributed by atoms with Crippen molar-refractivity contribution >= 4 is 50.6 Å². The molecule has 0 bridgehead atoms. The molecule has 0 aromatic heterocycles. The van der Waals surface area contributed by atoms with Gasteiger partial charge in [0.15, 0.2) is 0 Å². The number of rotatable bonds is 1. The molecule has 154 valence electrons. The molecule has 3 rings (SSSR count). The molecule has 0 spiro atoms. The van der Waals surface area contributed by atoms with Gasteiger partial charge in [-0.15, -0.1) is 70.1 Å². The van der Waals surface area contributed by atoms with Crippen molar-refractivity contribution in [2.75, 3.05) is 13.2 Å². The zero-order valence-electron chi connectivity index (χ0n) is 16.5. The van der Waals surface area contributed by atoms with Gasteiger partial charge in [0, 0.05) is 0 Å². The number of aliphatic hydroxyl groups is 2. The molecule has 0 radical (unpaired) electrons. The average Bonchev–Trinajstić information content (AvgIpc) is 2.94. The van der Waals surface area contributed by atoms with Crippen molar-refractivity contribution in [2.24, 2.45) is 0 Å². The molecule has 0 aliphatic rings. The zero-order valence-corrected chi connectivity index (χ0v) is 20.6. The zero-order chi connectivity index (χ0) is 18.6. The van der Waals surface area contributed by atoms with Gasteiger partial charge in [-0.25, -0.2) is 0 Å². The minimum atomic E-state index is -0.250. The molecule has 0 saturated heterocycles. The number of halogens is 2. The first kappa shape index (κ1) is 34.1. The van der Waals surface area contributed by atoms with Crippen LogP contribution in [0.4, 0.5) is 0 Å². The molecule has 0 heterocycles. The molecule has 0 saturated carbocycles. The SMILES string of the molecule is CC(C)(C)[NH-].Cl.Cl.OCCO.[CH2]=[Zr].[CH3-].c1ccc2c(c1)[cH-]c1ccccc12. The molecule has 0 fully saturated rings. The van der Waals surface area contributed by atoms with Crippen LogP contribution < -0.4 is 0 Å². The summed E-state index contributed by atoms with van der Waals surface area (Å²) in [7, 11) is 0. The number of hydrogen-bond donors (Lipinski definition) is 2. The summed E-state index contributed by atoms with van der Waals surface area (Å²) in [5, 5.41) is 20.6. The fourth-order valence-electron chi connectivity index (χ4n) is 1.90. The van der Waals surface area contributed by atoms with E-state index in [1.54, 1.807) is 0 Å². The Morgan fingerprint density at radius 1 is 0.852 bits per heavy atom. The van der Waals surface area contributed by atoms with Gasteiger partial charge in [-0.3, -0.25) is 0 Å². The fraction of sp³-hybridized carbons (Fsp3) is 0.286. The summed E-state index contributed by atoms with van der Waals surface area (Å²) in [6.07, 6.45) is 0. The molecule has 3 aromatic rings. The third kappa shape index (κ3) is 15.2. The smallest absolute Gasteiger partial charge is 0.0771 e. The van der Waals surface area contributed by atoms with Gasteiger partial charge in [0.05, 0.1) is 13.2 Å². The van der Waals surface area contributed by atoms with Gasteiger partial charge in [0.1, 0.15) is 0 Å². The number of benzene rings is 2. The topological polar surface area (TPSA) is 64.3 Å². The van der Waals surface area contributed by atoms with Crippen molar-refractivity contribution in [3.8, 4) is 0 Å². The van der Waals surface area contributed by atoms with Crippen LogP contribution in [-0.4, -0.2) is 33.2 Å². The van der Waals surface area contributed by atoms with E-state index in [2.05, 4.69) is 58.8 Å². The van der Waals surface area contributed by atoms with Crippen LogP contribution in [0.15, 0.2) is 54.6 Å². The third-order valence-corrected chi connectivity index (χ3v) is 2.62. The molecular formula is C21H32Cl2NO2Zr-3. The minimum Gasteiger partial charge on any atom is -0.358 e. The Morgan fingerprint density at radius 3 is 1.37 bits per heavy atom. The van der Waals surface area contributed by atoms with Gasteiger partial charge in [-0.2, -0.15) is 0 Å². The summed E-state index contributed by atoms with van der Waals surface area (Å²) in [6, 6.07) is 19.3. The Bertz CT molecular complexity index is 654. The van der Waals surface area contributed by atoms with Gasteiger partial charge in [-0.1, -0.05) is 57.2 Å².